The number of nitrogens with two attached hydrogens (primary N) is 1. The van der Waals surface area contributed by atoms with Crippen molar-refractivity contribution in [3.05, 3.63) is 41.1 Å². The van der Waals surface area contributed by atoms with Crippen LogP contribution in [0, 0.1) is 11.3 Å². The Kier molecular flexibility index (Phi) is 4.50. The van der Waals surface area contributed by atoms with Gasteiger partial charge in [-0.05, 0) is 42.2 Å². The topological polar surface area (TPSA) is 82.3 Å². The number of amides is 1. The molecular formula is C20H24N2O3. The Morgan fingerprint density at radius 3 is 2.68 bits per heavy atom. The molecule has 25 heavy (non-hydrogen) atoms. The molecule has 0 fully saturated rings. The maximum Gasteiger partial charge on any atom is 0.339 e. The lowest BCUT2D eigenvalue weighted by molar-refractivity contribution is -0.121. The molecule has 2 N–H and O–H groups in total. The molecule has 0 spiro atoms. The summed E-state index contributed by atoms with van der Waals surface area (Å²) < 4.78 is 5.14. The van der Waals surface area contributed by atoms with Crippen LogP contribution in [0.5, 0.6) is 0 Å². The molecule has 1 unspecified atom stereocenters. The normalized spacial score (nSPS) is 17.2. The van der Waals surface area contributed by atoms with E-state index in [1.165, 1.54) is 0 Å². The Bertz CT molecular complexity index is 837. The van der Waals surface area contributed by atoms with Gasteiger partial charge in [-0.3, -0.25) is 9.78 Å². The van der Waals surface area contributed by atoms with E-state index in [1.54, 1.807) is 0 Å². The van der Waals surface area contributed by atoms with Gasteiger partial charge in [-0.1, -0.05) is 39.0 Å². The van der Waals surface area contributed by atoms with Crippen LogP contribution >= 0.6 is 0 Å². The standard InChI is InChI=1S/C20H24N2O3/c1-20(2,3)12-8-9-16-14(10-12)18(19(24)25-11-17(21)23)13-6-4-5-7-15(13)22-16/h4-7,12H,8-11H2,1-3H3,(H2,21,23). The second kappa shape index (κ2) is 6.47. The average Bonchev–Trinajstić information content (AvgIpc) is 2.56. The molecule has 0 saturated carbocycles. The van der Waals surface area contributed by atoms with E-state index in [9.17, 15) is 9.59 Å². The van der Waals surface area contributed by atoms with Gasteiger partial charge in [-0.25, -0.2) is 4.79 Å². The van der Waals surface area contributed by atoms with Crippen molar-refractivity contribution in [1.29, 1.82) is 0 Å². The SMILES string of the molecule is CC(C)(C)C1CCc2nc3ccccc3c(C(=O)OCC(N)=O)c2C1. The monoisotopic (exact) mass is 340 g/mol. The fraction of sp³-hybridized carbons (Fsp3) is 0.450. The van der Waals surface area contributed by atoms with E-state index in [-0.39, 0.29) is 5.41 Å². The highest BCUT2D eigenvalue weighted by molar-refractivity contribution is 6.05. The summed E-state index contributed by atoms with van der Waals surface area (Å²) in [6.45, 7) is 6.26. The van der Waals surface area contributed by atoms with Crippen molar-refractivity contribution in [3.63, 3.8) is 0 Å². The van der Waals surface area contributed by atoms with Crippen LogP contribution in [-0.2, 0) is 22.4 Å². The number of benzene rings is 1. The second-order valence-corrected chi connectivity index (χ2v) is 7.78. The number of ether oxygens (including phenoxy) is 1. The lowest BCUT2D eigenvalue weighted by atomic mass is 9.70. The van der Waals surface area contributed by atoms with Gasteiger partial charge in [0, 0.05) is 11.1 Å². The quantitative estimate of drug-likeness (QED) is 0.871. The van der Waals surface area contributed by atoms with Gasteiger partial charge in [-0.2, -0.15) is 0 Å². The number of carbonyl (C=O) groups excluding carboxylic acids is 2. The largest absolute Gasteiger partial charge is 0.452 e. The fourth-order valence-electron chi connectivity index (χ4n) is 3.57. The first-order chi connectivity index (χ1) is 11.8. The zero-order chi connectivity index (χ0) is 18.2. The number of aryl methyl sites for hydroxylation is 1. The van der Waals surface area contributed by atoms with Crippen LogP contribution in [-0.4, -0.2) is 23.5 Å². The molecule has 5 nitrogen and oxygen atoms in total. The smallest absolute Gasteiger partial charge is 0.339 e. The lowest BCUT2D eigenvalue weighted by Gasteiger charge is -2.35. The van der Waals surface area contributed by atoms with E-state index in [0.29, 0.717) is 11.5 Å². The van der Waals surface area contributed by atoms with Crippen LogP contribution in [0.1, 0.15) is 48.8 Å². The number of primary amides is 1. The van der Waals surface area contributed by atoms with E-state index >= 15 is 0 Å². The molecule has 1 aromatic heterocycles. The van der Waals surface area contributed by atoms with E-state index in [2.05, 4.69) is 20.8 Å². The second-order valence-electron chi connectivity index (χ2n) is 7.78. The number of aromatic nitrogens is 1. The van der Waals surface area contributed by atoms with E-state index in [1.807, 2.05) is 24.3 Å². The Labute approximate surface area is 147 Å². The maximum absolute atomic E-state index is 12.7. The minimum atomic E-state index is -0.659. The summed E-state index contributed by atoms with van der Waals surface area (Å²) in [5.41, 5.74) is 8.51. The molecule has 0 saturated heterocycles. The predicted molar refractivity (Wildman–Crippen MR) is 96.2 cm³/mol. The van der Waals surface area contributed by atoms with E-state index < -0.39 is 18.5 Å². The van der Waals surface area contributed by atoms with Crippen LogP contribution in [0.2, 0.25) is 0 Å². The van der Waals surface area contributed by atoms with Gasteiger partial charge in [0.2, 0.25) is 0 Å². The van der Waals surface area contributed by atoms with E-state index in [0.717, 1.165) is 41.4 Å². The van der Waals surface area contributed by atoms with Gasteiger partial charge in [-0.15, -0.1) is 0 Å². The zero-order valence-corrected chi connectivity index (χ0v) is 15.0. The van der Waals surface area contributed by atoms with Crippen LogP contribution in [0.15, 0.2) is 24.3 Å². The molecule has 1 aromatic carbocycles. The molecular weight excluding hydrogens is 316 g/mol. The molecule has 1 amide bonds. The number of hydrogen-bond acceptors (Lipinski definition) is 4. The number of rotatable bonds is 3. The summed E-state index contributed by atoms with van der Waals surface area (Å²) in [6.07, 6.45) is 2.69. The summed E-state index contributed by atoms with van der Waals surface area (Å²) in [4.78, 5) is 28.5. The van der Waals surface area contributed by atoms with Crippen LogP contribution in [0.3, 0.4) is 0 Å². The summed E-state index contributed by atoms with van der Waals surface area (Å²) in [5, 5.41) is 0.769. The Hall–Kier alpha value is -2.43. The first-order valence-electron chi connectivity index (χ1n) is 8.63. The predicted octanol–water partition coefficient (Wildman–Crippen LogP) is 3.03. The third kappa shape index (κ3) is 3.50. The lowest BCUT2D eigenvalue weighted by Crippen LogP contribution is -2.29. The van der Waals surface area contributed by atoms with Crippen molar-refractivity contribution in [2.45, 2.75) is 40.0 Å². The number of carbonyl (C=O) groups is 2. The molecule has 5 heteroatoms. The first kappa shape index (κ1) is 17.4. The summed E-state index contributed by atoms with van der Waals surface area (Å²) >= 11 is 0. The Balaban J connectivity index is 2.12. The van der Waals surface area contributed by atoms with Crippen LogP contribution in [0.4, 0.5) is 0 Å². The molecule has 2 aromatic rings. The van der Waals surface area contributed by atoms with E-state index in [4.69, 9.17) is 15.5 Å². The third-order valence-corrected chi connectivity index (χ3v) is 5.03. The van der Waals surface area contributed by atoms with Crippen LogP contribution < -0.4 is 5.73 Å². The maximum atomic E-state index is 12.7. The first-order valence-corrected chi connectivity index (χ1v) is 8.63. The highest BCUT2D eigenvalue weighted by Crippen LogP contribution is 2.39. The number of fused-ring (bicyclic) bond motifs is 2. The third-order valence-electron chi connectivity index (χ3n) is 5.03. The van der Waals surface area contributed by atoms with Crippen LogP contribution in [0.25, 0.3) is 10.9 Å². The summed E-state index contributed by atoms with van der Waals surface area (Å²) in [6, 6.07) is 7.56. The van der Waals surface area contributed by atoms with Crippen molar-refractivity contribution in [2.24, 2.45) is 17.1 Å². The van der Waals surface area contributed by atoms with Crippen molar-refractivity contribution < 1.29 is 14.3 Å². The number of para-hydroxylation sites is 1. The number of pyridine rings is 1. The molecule has 1 heterocycles. The highest BCUT2D eigenvalue weighted by Gasteiger charge is 2.33. The van der Waals surface area contributed by atoms with Gasteiger partial charge in [0.25, 0.3) is 5.91 Å². The Morgan fingerprint density at radius 1 is 1.28 bits per heavy atom. The molecule has 0 radical (unpaired) electrons. The Morgan fingerprint density at radius 2 is 2.00 bits per heavy atom. The number of nitrogens with zero attached hydrogens (tertiary/aromatic N) is 1. The molecule has 0 aliphatic heterocycles. The van der Waals surface area contributed by atoms with Gasteiger partial charge in [0.1, 0.15) is 0 Å². The number of hydrogen-bond donors (Lipinski definition) is 1. The number of esters is 1. The van der Waals surface area contributed by atoms with Crippen molar-refractivity contribution in [3.8, 4) is 0 Å². The van der Waals surface area contributed by atoms with Gasteiger partial charge in [0.05, 0.1) is 11.1 Å². The van der Waals surface area contributed by atoms with Crippen molar-refractivity contribution in [2.75, 3.05) is 6.61 Å². The van der Waals surface area contributed by atoms with Crippen molar-refractivity contribution >= 4 is 22.8 Å². The molecule has 1 aliphatic rings. The summed E-state index contributed by atoms with van der Waals surface area (Å²) in [7, 11) is 0. The van der Waals surface area contributed by atoms with Gasteiger partial charge >= 0.3 is 5.97 Å². The average molecular weight is 340 g/mol. The minimum absolute atomic E-state index is 0.151. The molecule has 132 valence electrons. The zero-order valence-electron chi connectivity index (χ0n) is 15.0. The molecule has 3 rings (SSSR count). The molecule has 1 atom stereocenters. The van der Waals surface area contributed by atoms with Gasteiger partial charge in [0.15, 0.2) is 6.61 Å². The highest BCUT2D eigenvalue weighted by atomic mass is 16.5. The van der Waals surface area contributed by atoms with Gasteiger partial charge < -0.3 is 10.5 Å². The fourth-order valence-corrected chi connectivity index (χ4v) is 3.57. The minimum Gasteiger partial charge on any atom is -0.452 e. The summed E-state index contributed by atoms with van der Waals surface area (Å²) in [5.74, 6) is -0.693. The molecule has 1 aliphatic carbocycles. The van der Waals surface area contributed by atoms with Crippen molar-refractivity contribution in [1.82, 2.24) is 4.98 Å². The molecule has 0 bridgehead atoms.